The topological polar surface area (TPSA) is 0 Å². The Balaban J connectivity index is 2.13. The van der Waals surface area contributed by atoms with Crippen LogP contribution in [-0.2, 0) is 12.2 Å². The molecule has 82 valence electrons. The SMILES string of the molecule is Fc1ccc2c(c1F)CSc1sccc1C2. The molecule has 0 bridgehead atoms. The van der Waals surface area contributed by atoms with Gasteiger partial charge in [-0.25, -0.2) is 8.78 Å². The third-order valence-corrected chi connectivity index (χ3v) is 5.08. The second kappa shape index (κ2) is 3.86. The molecule has 1 aromatic carbocycles. The Bertz CT molecular complexity index is 546. The third-order valence-electron chi connectivity index (χ3n) is 2.73. The molecule has 0 nitrogen and oxygen atoms in total. The summed E-state index contributed by atoms with van der Waals surface area (Å²) in [4.78, 5) is 0. The largest absolute Gasteiger partial charge is 0.204 e. The molecule has 0 fully saturated rings. The van der Waals surface area contributed by atoms with E-state index >= 15 is 0 Å². The van der Waals surface area contributed by atoms with Crippen LogP contribution in [-0.4, -0.2) is 0 Å². The summed E-state index contributed by atoms with van der Waals surface area (Å²) < 4.78 is 27.9. The molecule has 0 radical (unpaired) electrons. The highest BCUT2D eigenvalue weighted by molar-refractivity contribution is 8.00. The van der Waals surface area contributed by atoms with Crippen LogP contribution in [0.1, 0.15) is 16.7 Å². The summed E-state index contributed by atoms with van der Waals surface area (Å²) in [5.74, 6) is -0.906. The number of rotatable bonds is 0. The first-order chi connectivity index (χ1) is 7.75. The molecule has 1 aliphatic rings. The molecule has 2 aromatic rings. The summed E-state index contributed by atoms with van der Waals surface area (Å²) in [7, 11) is 0. The van der Waals surface area contributed by atoms with Gasteiger partial charge in [0.1, 0.15) is 0 Å². The van der Waals surface area contributed by atoms with Crippen LogP contribution in [0.4, 0.5) is 8.78 Å². The number of benzene rings is 1. The molecule has 0 unspecified atom stereocenters. The van der Waals surface area contributed by atoms with Crippen molar-refractivity contribution in [2.75, 3.05) is 0 Å². The van der Waals surface area contributed by atoms with E-state index < -0.39 is 11.6 Å². The lowest BCUT2D eigenvalue weighted by atomic mass is 10.0. The Morgan fingerprint density at radius 3 is 2.81 bits per heavy atom. The van der Waals surface area contributed by atoms with Gasteiger partial charge in [-0.2, -0.15) is 0 Å². The normalized spacial score (nSPS) is 14.1. The molecule has 0 amide bonds. The molecule has 0 atom stereocenters. The van der Waals surface area contributed by atoms with Crippen molar-refractivity contribution in [2.45, 2.75) is 16.4 Å². The van der Waals surface area contributed by atoms with Gasteiger partial charge < -0.3 is 0 Å². The molecule has 0 N–H and O–H groups in total. The van der Waals surface area contributed by atoms with Crippen molar-refractivity contribution in [3.05, 3.63) is 51.9 Å². The zero-order chi connectivity index (χ0) is 11.1. The smallest absolute Gasteiger partial charge is 0.163 e. The van der Waals surface area contributed by atoms with Crippen molar-refractivity contribution in [1.82, 2.24) is 0 Å². The zero-order valence-electron chi connectivity index (χ0n) is 8.30. The Hall–Kier alpha value is -0.870. The summed E-state index contributed by atoms with van der Waals surface area (Å²) in [5.41, 5.74) is 2.65. The second-order valence-electron chi connectivity index (χ2n) is 3.70. The average Bonchev–Trinajstić information content (AvgIpc) is 2.63. The number of hydrogen-bond acceptors (Lipinski definition) is 2. The molecule has 1 aliphatic heterocycles. The first-order valence-corrected chi connectivity index (χ1v) is 6.77. The minimum absolute atomic E-state index is 0.520. The van der Waals surface area contributed by atoms with Gasteiger partial charge in [0.2, 0.25) is 0 Å². The second-order valence-corrected chi connectivity index (χ2v) is 5.86. The van der Waals surface area contributed by atoms with E-state index in [1.807, 2.05) is 5.38 Å². The molecule has 0 aliphatic carbocycles. The average molecular weight is 254 g/mol. The van der Waals surface area contributed by atoms with Crippen molar-refractivity contribution in [2.24, 2.45) is 0 Å². The number of halogens is 2. The Kier molecular flexibility index (Phi) is 2.48. The molecular weight excluding hydrogens is 246 g/mol. The number of thioether (sulfide) groups is 1. The Labute approximate surface area is 100 Å². The summed E-state index contributed by atoms with van der Waals surface area (Å²) >= 11 is 3.26. The van der Waals surface area contributed by atoms with Gasteiger partial charge in [0, 0.05) is 11.3 Å². The Morgan fingerprint density at radius 2 is 1.94 bits per heavy atom. The number of fused-ring (bicyclic) bond motifs is 2. The van der Waals surface area contributed by atoms with Gasteiger partial charge in [0.25, 0.3) is 0 Å². The van der Waals surface area contributed by atoms with Gasteiger partial charge in [0.05, 0.1) is 4.21 Å². The highest BCUT2D eigenvalue weighted by atomic mass is 32.2. The predicted molar refractivity (Wildman–Crippen MR) is 63.0 cm³/mol. The fraction of sp³-hybridized carbons (Fsp3) is 0.167. The quantitative estimate of drug-likeness (QED) is 0.678. The zero-order valence-corrected chi connectivity index (χ0v) is 9.93. The number of hydrogen-bond donors (Lipinski definition) is 0. The minimum atomic E-state index is -0.746. The van der Waals surface area contributed by atoms with Crippen molar-refractivity contribution in [3.63, 3.8) is 0 Å². The lowest BCUT2D eigenvalue weighted by Gasteiger charge is -2.06. The summed E-state index contributed by atoms with van der Waals surface area (Å²) in [6.07, 6.45) is 0.707. The van der Waals surface area contributed by atoms with Gasteiger partial charge in [-0.3, -0.25) is 0 Å². The molecule has 3 rings (SSSR count). The Morgan fingerprint density at radius 1 is 1.06 bits per heavy atom. The van der Waals surface area contributed by atoms with Crippen molar-refractivity contribution >= 4 is 23.1 Å². The summed E-state index contributed by atoms with van der Waals surface area (Å²) in [6.45, 7) is 0. The van der Waals surface area contributed by atoms with Gasteiger partial charge in [-0.05, 0) is 35.1 Å². The van der Waals surface area contributed by atoms with Crippen molar-refractivity contribution < 1.29 is 8.78 Å². The van der Waals surface area contributed by atoms with E-state index in [9.17, 15) is 8.78 Å². The first-order valence-electron chi connectivity index (χ1n) is 4.90. The number of thiophene rings is 1. The van der Waals surface area contributed by atoms with E-state index in [2.05, 4.69) is 6.07 Å². The predicted octanol–water partition coefficient (Wildman–Crippen LogP) is 4.22. The van der Waals surface area contributed by atoms with E-state index in [-0.39, 0.29) is 0 Å². The van der Waals surface area contributed by atoms with E-state index in [1.165, 1.54) is 15.8 Å². The van der Waals surface area contributed by atoms with E-state index in [0.717, 1.165) is 5.56 Å². The maximum absolute atomic E-state index is 13.6. The molecule has 2 heterocycles. The summed E-state index contributed by atoms with van der Waals surface area (Å²) in [5, 5.41) is 2.04. The van der Waals surface area contributed by atoms with Crippen LogP contribution in [0.25, 0.3) is 0 Å². The summed E-state index contributed by atoms with van der Waals surface area (Å²) in [6, 6.07) is 4.97. The van der Waals surface area contributed by atoms with Gasteiger partial charge >= 0.3 is 0 Å². The van der Waals surface area contributed by atoms with E-state index in [1.54, 1.807) is 29.2 Å². The molecular formula is C12H8F2S2. The van der Waals surface area contributed by atoms with Crippen molar-refractivity contribution in [1.29, 1.82) is 0 Å². The molecule has 0 saturated carbocycles. The molecule has 0 saturated heterocycles. The van der Waals surface area contributed by atoms with Crippen LogP contribution in [0.3, 0.4) is 0 Å². The molecule has 16 heavy (non-hydrogen) atoms. The van der Waals surface area contributed by atoms with Crippen LogP contribution in [0.2, 0.25) is 0 Å². The van der Waals surface area contributed by atoms with Gasteiger partial charge in [-0.1, -0.05) is 6.07 Å². The van der Waals surface area contributed by atoms with E-state index in [0.29, 0.717) is 17.7 Å². The fourth-order valence-corrected chi connectivity index (χ4v) is 4.05. The molecule has 4 heteroatoms. The monoisotopic (exact) mass is 254 g/mol. The lowest BCUT2D eigenvalue weighted by Crippen LogP contribution is -1.98. The lowest BCUT2D eigenvalue weighted by molar-refractivity contribution is 0.501. The third kappa shape index (κ3) is 1.57. The fourth-order valence-electron chi connectivity index (χ4n) is 1.88. The van der Waals surface area contributed by atoms with Crippen LogP contribution >= 0.6 is 23.1 Å². The maximum Gasteiger partial charge on any atom is 0.163 e. The minimum Gasteiger partial charge on any atom is -0.204 e. The van der Waals surface area contributed by atoms with Gasteiger partial charge in [-0.15, -0.1) is 23.1 Å². The van der Waals surface area contributed by atoms with Crippen LogP contribution in [0, 0.1) is 11.6 Å². The molecule has 1 aromatic heterocycles. The van der Waals surface area contributed by atoms with Crippen LogP contribution in [0.15, 0.2) is 27.8 Å². The molecule has 0 spiro atoms. The van der Waals surface area contributed by atoms with Gasteiger partial charge in [0.15, 0.2) is 11.6 Å². The standard InChI is InChI=1S/C12H8F2S2/c13-10-2-1-7-5-8-3-4-15-12(8)16-6-9(7)11(10)14/h1-4H,5-6H2. The van der Waals surface area contributed by atoms with Crippen LogP contribution in [0.5, 0.6) is 0 Å². The highest BCUT2D eigenvalue weighted by Crippen LogP contribution is 2.38. The maximum atomic E-state index is 13.6. The first kappa shape index (κ1) is 10.3. The van der Waals surface area contributed by atoms with Crippen LogP contribution < -0.4 is 0 Å². The highest BCUT2D eigenvalue weighted by Gasteiger charge is 2.19. The van der Waals surface area contributed by atoms with E-state index in [4.69, 9.17) is 0 Å². The van der Waals surface area contributed by atoms with Crippen molar-refractivity contribution in [3.8, 4) is 0 Å².